The van der Waals surface area contributed by atoms with Gasteiger partial charge in [-0.15, -0.1) is 0 Å². The van der Waals surface area contributed by atoms with E-state index in [9.17, 15) is 14.4 Å². The minimum absolute atomic E-state index is 0.00315. The second kappa shape index (κ2) is 7.87. The van der Waals surface area contributed by atoms with Crippen molar-refractivity contribution in [3.05, 3.63) is 63.6 Å². The molecule has 1 fully saturated rings. The zero-order valence-corrected chi connectivity index (χ0v) is 17.0. The molecular formula is C22H21BrN2O3. The Labute approximate surface area is 172 Å². The highest BCUT2D eigenvalue weighted by atomic mass is 79.9. The number of benzene rings is 2. The lowest BCUT2D eigenvalue weighted by Gasteiger charge is -2.29. The lowest BCUT2D eigenvalue weighted by Crippen LogP contribution is -2.40. The first-order valence-electron chi connectivity index (χ1n) is 9.59. The average Bonchev–Trinajstić information content (AvgIpc) is 2.94. The molecule has 4 rings (SSSR count). The van der Waals surface area contributed by atoms with Gasteiger partial charge in [0.25, 0.3) is 11.8 Å². The molecule has 0 atom stereocenters. The number of carbonyl (C=O) groups excluding carboxylic acids is 3. The molecule has 1 aliphatic heterocycles. The summed E-state index contributed by atoms with van der Waals surface area (Å²) in [7, 11) is 0. The molecule has 144 valence electrons. The molecule has 5 nitrogen and oxygen atoms in total. The molecule has 2 aromatic carbocycles. The number of carbonyl (C=O) groups is 3. The highest BCUT2D eigenvalue weighted by Crippen LogP contribution is 2.32. The van der Waals surface area contributed by atoms with E-state index in [0.29, 0.717) is 16.8 Å². The second-order valence-electron chi connectivity index (χ2n) is 7.38. The molecule has 0 unspecified atom stereocenters. The van der Waals surface area contributed by atoms with Crippen molar-refractivity contribution in [3.63, 3.8) is 0 Å². The van der Waals surface area contributed by atoms with E-state index in [4.69, 9.17) is 0 Å². The fraction of sp³-hybridized carbons (Fsp3) is 0.318. The van der Waals surface area contributed by atoms with E-state index in [2.05, 4.69) is 21.2 Å². The maximum Gasteiger partial charge on any atom is 0.261 e. The summed E-state index contributed by atoms with van der Waals surface area (Å²) in [6.45, 7) is 0. The highest BCUT2D eigenvalue weighted by Gasteiger charge is 2.40. The topological polar surface area (TPSA) is 66.5 Å². The third-order valence-corrected chi connectivity index (χ3v) is 5.95. The van der Waals surface area contributed by atoms with Crippen LogP contribution in [0.15, 0.2) is 46.9 Å². The Kier molecular flexibility index (Phi) is 5.31. The van der Waals surface area contributed by atoms with Crippen LogP contribution in [0.1, 0.15) is 58.4 Å². The molecule has 0 spiro atoms. The number of anilines is 1. The van der Waals surface area contributed by atoms with Crippen molar-refractivity contribution in [2.24, 2.45) is 0 Å². The number of hydrogen-bond donors (Lipinski definition) is 1. The quantitative estimate of drug-likeness (QED) is 0.708. The Morgan fingerprint density at radius 3 is 2.36 bits per heavy atom. The van der Waals surface area contributed by atoms with Gasteiger partial charge in [0.2, 0.25) is 5.91 Å². The molecule has 0 radical (unpaired) electrons. The van der Waals surface area contributed by atoms with E-state index in [0.717, 1.165) is 42.1 Å². The van der Waals surface area contributed by atoms with E-state index in [1.807, 2.05) is 24.3 Å². The number of nitrogens with one attached hydrogen (secondary N) is 1. The monoisotopic (exact) mass is 440 g/mol. The van der Waals surface area contributed by atoms with Gasteiger partial charge in [-0.1, -0.05) is 47.3 Å². The van der Waals surface area contributed by atoms with Crippen molar-refractivity contribution in [3.8, 4) is 0 Å². The lowest BCUT2D eigenvalue weighted by molar-refractivity contribution is -0.115. The third kappa shape index (κ3) is 3.74. The Hall–Kier alpha value is -2.47. The SMILES string of the molecule is O=C(Cc1ccc(Br)cc1)Nc1ccc2c(c1)C(=O)N(C1CCCCC1)C2=O. The highest BCUT2D eigenvalue weighted by molar-refractivity contribution is 9.10. The van der Waals surface area contributed by atoms with Crippen LogP contribution in [0, 0.1) is 0 Å². The van der Waals surface area contributed by atoms with E-state index >= 15 is 0 Å². The summed E-state index contributed by atoms with van der Waals surface area (Å²) in [4.78, 5) is 39.3. The molecular weight excluding hydrogens is 420 g/mol. The van der Waals surface area contributed by atoms with Crippen LogP contribution in [-0.2, 0) is 11.2 Å². The summed E-state index contributed by atoms with van der Waals surface area (Å²) in [6.07, 6.45) is 5.26. The molecule has 3 amide bonds. The lowest BCUT2D eigenvalue weighted by atomic mass is 9.94. The Balaban J connectivity index is 1.48. The summed E-state index contributed by atoms with van der Waals surface area (Å²) in [6, 6.07) is 12.5. The maximum atomic E-state index is 12.9. The molecule has 2 aliphatic rings. The van der Waals surface area contributed by atoms with Gasteiger partial charge < -0.3 is 5.32 Å². The number of fused-ring (bicyclic) bond motifs is 1. The van der Waals surface area contributed by atoms with E-state index in [1.165, 1.54) is 4.90 Å². The summed E-state index contributed by atoms with van der Waals surface area (Å²) < 4.78 is 0.959. The van der Waals surface area contributed by atoms with E-state index in [-0.39, 0.29) is 30.2 Å². The van der Waals surface area contributed by atoms with Crippen LogP contribution in [-0.4, -0.2) is 28.7 Å². The number of halogens is 1. The molecule has 6 heteroatoms. The number of rotatable bonds is 4. The molecule has 1 saturated carbocycles. The predicted octanol–water partition coefficient (Wildman–Crippen LogP) is 4.56. The summed E-state index contributed by atoms with van der Waals surface area (Å²) >= 11 is 3.37. The summed E-state index contributed by atoms with van der Waals surface area (Å²) in [5, 5.41) is 2.83. The molecule has 1 N–H and O–H groups in total. The van der Waals surface area contributed by atoms with Gasteiger partial charge >= 0.3 is 0 Å². The first-order chi connectivity index (χ1) is 13.5. The average molecular weight is 441 g/mol. The number of amides is 3. The zero-order chi connectivity index (χ0) is 19.7. The van der Waals surface area contributed by atoms with Crippen molar-refractivity contribution in [1.82, 2.24) is 4.90 Å². The zero-order valence-electron chi connectivity index (χ0n) is 15.4. The van der Waals surface area contributed by atoms with Crippen molar-refractivity contribution >= 4 is 39.3 Å². The van der Waals surface area contributed by atoms with Gasteiger partial charge in [0, 0.05) is 16.2 Å². The second-order valence-corrected chi connectivity index (χ2v) is 8.30. The minimum Gasteiger partial charge on any atom is -0.326 e. The van der Waals surface area contributed by atoms with Crippen molar-refractivity contribution in [2.45, 2.75) is 44.6 Å². The number of nitrogens with zero attached hydrogens (tertiary/aromatic N) is 1. The molecule has 28 heavy (non-hydrogen) atoms. The molecule has 0 saturated heterocycles. The largest absolute Gasteiger partial charge is 0.326 e. The molecule has 1 aliphatic carbocycles. The normalized spacial score (nSPS) is 17.0. The number of imide groups is 1. The van der Waals surface area contributed by atoms with Crippen LogP contribution in [0.2, 0.25) is 0 Å². The van der Waals surface area contributed by atoms with Crippen molar-refractivity contribution in [2.75, 3.05) is 5.32 Å². The van der Waals surface area contributed by atoms with Crippen LogP contribution in [0.25, 0.3) is 0 Å². The van der Waals surface area contributed by atoms with Crippen LogP contribution >= 0.6 is 15.9 Å². The minimum atomic E-state index is -0.240. The van der Waals surface area contributed by atoms with Crippen LogP contribution in [0.4, 0.5) is 5.69 Å². The van der Waals surface area contributed by atoms with Gasteiger partial charge in [-0.2, -0.15) is 0 Å². The van der Waals surface area contributed by atoms with Crippen LogP contribution in [0.5, 0.6) is 0 Å². The fourth-order valence-electron chi connectivity index (χ4n) is 4.00. The molecule has 0 bridgehead atoms. The summed E-state index contributed by atoms with van der Waals surface area (Å²) in [5.41, 5.74) is 2.25. The number of hydrogen-bond acceptors (Lipinski definition) is 3. The van der Waals surface area contributed by atoms with Gasteiger partial charge in [-0.3, -0.25) is 19.3 Å². The van der Waals surface area contributed by atoms with Gasteiger partial charge in [-0.05, 0) is 48.7 Å². The first kappa shape index (κ1) is 18.9. The summed E-state index contributed by atoms with van der Waals surface area (Å²) in [5.74, 6) is -0.612. The Bertz CT molecular complexity index is 933. The van der Waals surface area contributed by atoms with Crippen LogP contribution in [0.3, 0.4) is 0 Å². The fourth-order valence-corrected chi connectivity index (χ4v) is 4.27. The molecule has 1 heterocycles. The Morgan fingerprint density at radius 2 is 1.64 bits per heavy atom. The third-order valence-electron chi connectivity index (χ3n) is 5.42. The van der Waals surface area contributed by atoms with Crippen molar-refractivity contribution in [1.29, 1.82) is 0 Å². The van der Waals surface area contributed by atoms with Gasteiger partial charge in [0.15, 0.2) is 0 Å². The van der Waals surface area contributed by atoms with Gasteiger partial charge in [-0.25, -0.2) is 0 Å². The van der Waals surface area contributed by atoms with E-state index < -0.39 is 0 Å². The smallest absolute Gasteiger partial charge is 0.261 e. The van der Waals surface area contributed by atoms with E-state index in [1.54, 1.807) is 18.2 Å². The van der Waals surface area contributed by atoms with Crippen LogP contribution < -0.4 is 5.32 Å². The Morgan fingerprint density at radius 1 is 0.964 bits per heavy atom. The molecule has 2 aromatic rings. The van der Waals surface area contributed by atoms with Gasteiger partial charge in [0.05, 0.1) is 17.5 Å². The van der Waals surface area contributed by atoms with Gasteiger partial charge in [0.1, 0.15) is 0 Å². The maximum absolute atomic E-state index is 12.9. The predicted molar refractivity (Wildman–Crippen MR) is 110 cm³/mol. The molecule has 0 aromatic heterocycles. The van der Waals surface area contributed by atoms with Crippen molar-refractivity contribution < 1.29 is 14.4 Å². The first-order valence-corrected chi connectivity index (χ1v) is 10.4. The standard InChI is InChI=1S/C22H21BrN2O3/c23-15-8-6-14(7-9-15)12-20(26)24-16-10-11-18-19(13-16)22(28)25(21(18)27)17-4-2-1-3-5-17/h6-11,13,17H,1-5,12H2,(H,24,26).